The van der Waals surface area contributed by atoms with Crippen LogP contribution in [0.4, 0.5) is 0 Å². The van der Waals surface area contributed by atoms with Crippen LogP contribution in [0.25, 0.3) is 0 Å². The summed E-state index contributed by atoms with van der Waals surface area (Å²) in [7, 11) is -3.74. The lowest BCUT2D eigenvalue weighted by Crippen LogP contribution is -2.53. The van der Waals surface area contributed by atoms with E-state index >= 15 is 0 Å². The Kier molecular flexibility index (Phi) is 6.39. The molecule has 4 aliphatic carbocycles. The summed E-state index contributed by atoms with van der Waals surface area (Å²) in [5.74, 6) is 15.3. The lowest BCUT2D eigenvalue weighted by molar-refractivity contribution is -0.00747. The SMILES string of the molecule is C=C[C@]12CC[C@H](C[C@@]1(C#CC#C[C@@]1(O[Si](C)(C)C)C[C@H]3CC[C@]1(C=C)C3(C)C)O[Si](C)(C)C)C2(C)C. The van der Waals surface area contributed by atoms with Crippen molar-refractivity contribution in [1.29, 1.82) is 0 Å². The maximum Gasteiger partial charge on any atom is 0.185 e. The molecule has 0 aromatic heterocycles. The van der Waals surface area contributed by atoms with Crippen LogP contribution in [0.3, 0.4) is 0 Å². The highest BCUT2D eigenvalue weighted by atomic mass is 28.4. The second kappa shape index (κ2) is 8.23. The third-order valence-electron chi connectivity index (χ3n) is 10.9. The van der Waals surface area contributed by atoms with E-state index in [0.29, 0.717) is 11.8 Å². The van der Waals surface area contributed by atoms with Gasteiger partial charge in [-0.15, -0.1) is 13.2 Å². The lowest BCUT2D eigenvalue weighted by Gasteiger charge is -2.48. The molecule has 2 nitrogen and oxygen atoms in total. The van der Waals surface area contributed by atoms with Gasteiger partial charge < -0.3 is 8.85 Å². The van der Waals surface area contributed by atoms with E-state index in [1.165, 1.54) is 12.8 Å². The molecule has 4 aliphatic rings. The number of rotatable bonds is 6. The van der Waals surface area contributed by atoms with E-state index in [9.17, 15) is 0 Å². The predicted molar refractivity (Wildman–Crippen MR) is 157 cm³/mol. The van der Waals surface area contributed by atoms with Crippen LogP contribution in [-0.2, 0) is 8.85 Å². The highest BCUT2D eigenvalue weighted by Gasteiger charge is 2.72. The van der Waals surface area contributed by atoms with Gasteiger partial charge in [0.05, 0.1) is 0 Å². The van der Waals surface area contributed by atoms with Gasteiger partial charge >= 0.3 is 0 Å². The standard InChI is InChI=1S/C32H50O2Si2/c1-13-29-21-17-25(27(29,3)4)23-31(29,33-35(7,8)9)19-15-16-20-32(34-36(10,11)12)24-26-18-22-30(32,14-2)28(26,5)6/h13-14,25-26H,1-2,17-18,21-24H2,3-12H3/t25-,26-,29-,30-,31-,32-/m1/s1. The second-order valence-electron chi connectivity index (χ2n) is 15.3. The lowest BCUT2D eigenvalue weighted by atomic mass is 9.63. The van der Waals surface area contributed by atoms with Crippen LogP contribution in [0.15, 0.2) is 25.3 Å². The molecule has 198 valence electrons. The Hall–Kier alpha value is -1.05. The van der Waals surface area contributed by atoms with Crippen LogP contribution in [-0.4, -0.2) is 27.8 Å². The molecule has 0 saturated heterocycles. The van der Waals surface area contributed by atoms with E-state index < -0.39 is 27.8 Å². The summed E-state index contributed by atoms with van der Waals surface area (Å²) in [6.45, 7) is 32.0. The molecule has 0 aromatic carbocycles. The van der Waals surface area contributed by atoms with Gasteiger partial charge in [0.2, 0.25) is 0 Å². The first-order valence-corrected chi connectivity index (χ1v) is 20.9. The molecule has 0 N–H and O–H groups in total. The number of fused-ring (bicyclic) bond motifs is 4. The highest BCUT2D eigenvalue weighted by molar-refractivity contribution is 6.70. The van der Waals surface area contributed by atoms with Gasteiger partial charge in [-0.3, -0.25) is 0 Å². The first kappa shape index (κ1) is 28.0. The van der Waals surface area contributed by atoms with Crippen molar-refractivity contribution >= 4 is 16.6 Å². The molecular weight excluding hydrogens is 473 g/mol. The maximum atomic E-state index is 7.04. The van der Waals surface area contributed by atoms with Crippen molar-refractivity contribution in [3.05, 3.63) is 25.3 Å². The Morgan fingerprint density at radius 1 is 0.667 bits per heavy atom. The van der Waals surface area contributed by atoms with Crippen LogP contribution in [0.2, 0.25) is 39.3 Å². The molecule has 0 spiro atoms. The Morgan fingerprint density at radius 3 is 1.25 bits per heavy atom. The monoisotopic (exact) mass is 522 g/mol. The topological polar surface area (TPSA) is 18.5 Å². The molecule has 4 rings (SSSR count). The fourth-order valence-corrected chi connectivity index (χ4v) is 11.9. The van der Waals surface area contributed by atoms with Crippen molar-refractivity contribution < 1.29 is 8.85 Å². The summed E-state index contributed by atoms with van der Waals surface area (Å²) in [6.07, 6.45) is 11.0. The van der Waals surface area contributed by atoms with Crippen molar-refractivity contribution in [2.45, 2.75) is 117 Å². The van der Waals surface area contributed by atoms with E-state index in [4.69, 9.17) is 8.85 Å². The Balaban J connectivity index is 1.81. The van der Waals surface area contributed by atoms with Crippen LogP contribution < -0.4 is 0 Å². The van der Waals surface area contributed by atoms with Crippen molar-refractivity contribution in [1.82, 2.24) is 0 Å². The summed E-state index contributed by atoms with van der Waals surface area (Å²) in [5.41, 5.74) is -1.03. The van der Waals surface area contributed by atoms with Gasteiger partial charge in [0.1, 0.15) is 11.2 Å². The molecule has 0 heterocycles. The van der Waals surface area contributed by atoms with Crippen LogP contribution in [0.5, 0.6) is 0 Å². The Labute approximate surface area is 224 Å². The second-order valence-corrected chi connectivity index (χ2v) is 24.1. The Morgan fingerprint density at radius 2 is 1.00 bits per heavy atom. The van der Waals surface area contributed by atoms with E-state index in [-0.39, 0.29) is 21.7 Å². The molecular formula is C32H50O2Si2. The van der Waals surface area contributed by atoms with Crippen molar-refractivity contribution in [2.24, 2.45) is 33.5 Å². The molecule has 0 amide bonds. The van der Waals surface area contributed by atoms with Crippen LogP contribution in [0, 0.1) is 57.2 Å². The number of hydrogen-bond donors (Lipinski definition) is 0. The first-order valence-electron chi connectivity index (χ1n) is 14.1. The molecule has 0 unspecified atom stereocenters. The molecule has 0 aromatic rings. The zero-order valence-electron chi connectivity index (χ0n) is 24.8. The van der Waals surface area contributed by atoms with Crippen molar-refractivity contribution in [2.75, 3.05) is 0 Å². The summed E-state index contributed by atoms with van der Waals surface area (Å²) >= 11 is 0. The van der Waals surface area contributed by atoms with Gasteiger partial charge in [0.25, 0.3) is 0 Å². The quantitative estimate of drug-likeness (QED) is 0.199. The molecule has 4 fully saturated rings. The normalized spacial score (nSPS) is 41.8. The minimum atomic E-state index is -1.87. The molecule has 0 aliphatic heterocycles. The smallest absolute Gasteiger partial charge is 0.185 e. The van der Waals surface area contributed by atoms with E-state index in [1.807, 2.05) is 0 Å². The zero-order chi connectivity index (χ0) is 27.1. The molecule has 0 radical (unpaired) electrons. The average molecular weight is 523 g/mol. The van der Waals surface area contributed by atoms with Gasteiger partial charge in [-0.05, 0) is 112 Å². The summed E-state index contributed by atoms with van der Waals surface area (Å²) in [4.78, 5) is 0. The minimum absolute atomic E-state index is 0.125. The molecule has 4 saturated carbocycles. The fraction of sp³-hybridized carbons (Fsp3) is 0.750. The largest absolute Gasteiger partial charge is 0.401 e. The van der Waals surface area contributed by atoms with E-state index in [1.54, 1.807) is 0 Å². The predicted octanol–water partition coefficient (Wildman–Crippen LogP) is 8.20. The first-order chi connectivity index (χ1) is 16.4. The average Bonchev–Trinajstić information content (AvgIpc) is 3.26. The molecule has 4 bridgehead atoms. The molecule has 6 atom stereocenters. The third kappa shape index (κ3) is 3.65. The van der Waals surface area contributed by atoms with E-state index in [2.05, 4.69) is 116 Å². The van der Waals surface area contributed by atoms with Crippen molar-refractivity contribution in [3.63, 3.8) is 0 Å². The summed E-state index contributed by atoms with van der Waals surface area (Å²) in [5, 5.41) is 0. The summed E-state index contributed by atoms with van der Waals surface area (Å²) < 4.78 is 14.1. The van der Waals surface area contributed by atoms with Gasteiger partial charge in [0, 0.05) is 10.8 Å². The number of hydrogen-bond acceptors (Lipinski definition) is 2. The van der Waals surface area contributed by atoms with E-state index in [0.717, 1.165) is 25.7 Å². The highest BCUT2D eigenvalue weighted by Crippen LogP contribution is 2.73. The zero-order valence-corrected chi connectivity index (χ0v) is 26.8. The van der Waals surface area contributed by atoms with Gasteiger partial charge in [-0.1, -0.05) is 51.7 Å². The van der Waals surface area contributed by atoms with Crippen LogP contribution >= 0.6 is 0 Å². The minimum Gasteiger partial charge on any atom is -0.401 e. The maximum absolute atomic E-state index is 7.04. The Bertz CT molecular complexity index is 982. The summed E-state index contributed by atoms with van der Waals surface area (Å²) in [6, 6.07) is 0. The van der Waals surface area contributed by atoms with Crippen LogP contribution in [0.1, 0.15) is 66.2 Å². The third-order valence-corrected chi connectivity index (χ3v) is 12.8. The van der Waals surface area contributed by atoms with Crippen molar-refractivity contribution in [3.8, 4) is 23.7 Å². The molecule has 4 heteroatoms. The van der Waals surface area contributed by atoms with Gasteiger partial charge in [-0.25, -0.2) is 0 Å². The molecule has 36 heavy (non-hydrogen) atoms. The fourth-order valence-electron chi connectivity index (χ4n) is 9.13. The van der Waals surface area contributed by atoms with Gasteiger partial charge in [0.15, 0.2) is 16.6 Å². The van der Waals surface area contributed by atoms with Gasteiger partial charge in [-0.2, -0.15) is 0 Å².